The van der Waals surface area contributed by atoms with Gasteiger partial charge in [0.25, 0.3) is 5.91 Å². The van der Waals surface area contributed by atoms with Crippen LogP contribution in [0.15, 0.2) is 41.1 Å². The van der Waals surface area contributed by atoms with Crippen LogP contribution in [0.2, 0.25) is 0 Å². The number of carbonyl (C=O) groups is 1. The molecular weight excluding hydrogens is 525 g/mol. The standard InChI is InChI=1S/C21H14F9N5O2/c22-19(23,24)13-7-12(8-14(9-13)20(25,26)27)17(36)35-5-3-34(4-6-35)15-2-1-11(10-31-15)16-32-18(37-33-16)21(28,29)30/h1-2,7-10H,3-6H2. The molecule has 37 heavy (non-hydrogen) atoms. The van der Waals surface area contributed by atoms with Gasteiger partial charge in [0.15, 0.2) is 0 Å². The van der Waals surface area contributed by atoms with Crippen LogP contribution in [0, 0.1) is 0 Å². The van der Waals surface area contributed by atoms with Crippen molar-refractivity contribution in [3.8, 4) is 11.4 Å². The minimum Gasteiger partial charge on any atom is -0.353 e. The van der Waals surface area contributed by atoms with E-state index in [0.717, 1.165) is 4.90 Å². The highest BCUT2D eigenvalue weighted by atomic mass is 19.4. The number of hydrogen-bond donors (Lipinski definition) is 0. The van der Waals surface area contributed by atoms with Crippen molar-refractivity contribution < 1.29 is 48.8 Å². The average molecular weight is 539 g/mol. The highest BCUT2D eigenvalue weighted by Gasteiger charge is 2.39. The smallest absolute Gasteiger partial charge is 0.353 e. The number of carbonyl (C=O) groups excluding carboxylic acids is 1. The number of piperazine rings is 1. The lowest BCUT2D eigenvalue weighted by atomic mass is 10.0. The fourth-order valence-corrected chi connectivity index (χ4v) is 3.56. The predicted octanol–water partition coefficient (Wildman–Crippen LogP) is 5.15. The van der Waals surface area contributed by atoms with Gasteiger partial charge in [-0.05, 0) is 30.3 Å². The van der Waals surface area contributed by atoms with Gasteiger partial charge in [-0.2, -0.15) is 44.5 Å². The number of alkyl halides is 9. The Balaban J connectivity index is 1.45. The van der Waals surface area contributed by atoms with Crippen LogP contribution in [-0.2, 0) is 18.5 Å². The van der Waals surface area contributed by atoms with Crippen LogP contribution < -0.4 is 4.90 Å². The van der Waals surface area contributed by atoms with E-state index in [-0.39, 0.29) is 43.6 Å². The fourth-order valence-electron chi connectivity index (χ4n) is 3.56. The van der Waals surface area contributed by atoms with E-state index in [4.69, 9.17) is 0 Å². The molecule has 0 radical (unpaired) electrons. The third-order valence-electron chi connectivity index (χ3n) is 5.40. The minimum atomic E-state index is -5.08. The van der Waals surface area contributed by atoms with Crippen LogP contribution in [0.25, 0.3) is 11.4 Å². The summed E-state index contributed by atoms with van der Waals surface area (Å²) in [6.07, 6.45) is -13.8. The molecule has 0 aliphatic carbocycles. The first-order valence-electron chi connectivity index (χ1n) is 10.3. The molecule has 0 spiro atoms. The van der Waals surface area contributed by atoms with Crippen molar-refractivity contribution >= 4 is 11.7 Å². The van der Waals surface area contributed by atoms with E-state index < -0.39 is 47.0 Å². The summed E-state index contributed by atoms with van der Waals surface area (Å²) in [7, 11) is 0. The number of hydrogen-bond acceptors (Lipinski definition) is 6. The van der Waals surface area contributed by atoms with Crippen molar-refractivity contribution in [1.29, 1.82) is 0 Å². The zero-order valence-corrected chi connectivity index (χ0v) is 18.2. The lowest BCUT2D eigenvalue weighted by Gasteiger charge is -2.35. The molecule has 1 aliphatic rings. The number of amides is 1. The Bertz CT molecular complexity index is 1240. The Morgan fingerprint density at radius 1 is 0.811 bits per heavy atom. The van der Waals surface area contributed by atoms with Crippen LogP contribution in [0.1, 0.15) is 27.4 Å². The molecule has 4 rings (SSSR count). The molecule has 1 aromatic carbocycles. The summed E-state index contributed by atoms with van der Waals surface area (Å²) in [6.45, 7) is 0.229. The Morgan fingerprint density at radius 2 is 1.41 bits per heavy atom. The third-order valence-corrected chi connectivity index (χ3v) is 5.40. The molecule has 3 aromatic rings. The maximum Gasteiger partial charge on any atom is 0.471 e. The molecule has 198 valence electrons. The van der Waals surface area contributed by atoms with E-state index in [1.807, 2.05) is 0 Å². The molecule has 7 nitrogen and oxygen atoms in total. The largest absolute Gasteiger partial charge is 0.471 e. The molecule has 3 heterocycles. The summed E-state index contributed by atoms with van der Waals surface area (Å²) in [5.74, 6) is -2.47. The fraction of sp³-hybridized carbons (Fsp3) is 0.333. The molecule has 1 amide bonds. The Morgan fingerprint density at radius 3 is 1.86 bits per heavy atom. The lowest BCUT2D eigenvalue weighted by molar-refractivity contribution is -0.159. The van der Waals surface area contributed by atoms with Crippen molar-refractivity contribution in [1.82, 2.24) is 20.0 Å². The molecule has 0 bridgehead atoms. The van der Waals surface area contributed by atoms with Gasteiger partial charge in [-0.25, -0.2) is 4.98 Å². The van der Waals surface area contributed by atoms with Gasteiger partial charge in [0.05, 0.1) is 11.1 Å². The second-order valence-electron chi connectivity index (χ2n) is 7.90. The molecule has 1 fully saturated rings. The van der Waals surface area contributed by atoms with Crippen molar-refractivity contribution in [2.24, 2.45) is 0 Å². The van der Waals surface area contributed by atoms with Gasteiger partial charge in [0.1, 0.15) is 5.82 Å². The van der Waals surface area contributed by atoms with E-state index in [2.05, 4.69) is 19.6 Å². The van der Waals surface area contributed by atoms with Crippen molar-refractivity contribution in [3.63, 3.8) is 0 Å². The van der Waals surface area contributed by atoms with Crippen LogP contribution in [0.5, 0.6) is 0 Å². The Hall–Kier alpha value is -3.85. The summed E-state index contributed by atoms with van der Waals surface area (Å²) >= 11 is 0. The highest BCUT2D eigenvalue weighted by Crippen LogP contribution is 2.36. The Labute approximate surface area is 201 Å². The molecule has 1 aliphatic heterocycles. The van der Waals surface area contributed by atoms with Gasteiger partial charge < -0.3 is 14.3 Å². The third kappa shape index (κ3) is 5.77. The van der Waals surface area contributed by atoms with E-state index in [9.17, 15) is 44.3 Å². The topological polar surface area (TPSA) is 75.4 Å². The average Bonchev–Trinajstić information content (AvgIpc) is 3.34. The first-order chi connectivity index (χ1) is 17.1. The monoisotopic (exact) mass is 539 g/mol. The maximum atomic E-state index is 13.1. The van der Waals surface area contributed by atoms with Crippen molar-refractivity contribution in [3.05, 3.63) is 59.1 Å². The summed E-state index contributed by atoms with van der Waals surface area (Å²) in [5, 5.41) is 3.25. The van der Waals surface area contributed by atoms with Gasteiger partial charge in [-0.3, -0.25) is 4.79 Å². The van der Waals surface area contributed by atoms with E-state index >= 15 is 0 Å². The van der Waals surface area contributed by atoms with E-state index in [1.54, 1.807) is 4.90 Å². The number of pyridine rings is 1. The predicted molar refractivity (Wildman–Crippen MR) is 107 cm³/mol. The number of aromatic nitrogens is 3. The van der Waals surface area contributed by atoms with Crippen molar-refractivity contribution in [2.45, 2.75) is 18.5 Å². The second-order valence-corrected chi connectivity index (χ2v) is 7.90. The van der Waals surface area contributed by atoms with Crippen LogP contribution in [-0.4, -0.2) is 52.1 Å². The SMILES string of the molecule is O=C(c1cc(C(F)(F)F)cc(C(F)(F)F)c1)N1CCN(c2ccc(-c3noc(C(F)(F)F)n3)cn2)CC1. The second kappa shape index (κ2) is 9.23. The lowest BCUT2D eigenvalue weighted by Crippen LogP contribution is -2.49. The number of benzene rings is 1. The molecule has 2 aromatic heterocycles. The summed E-state index contributed by atoms with van der Waals surface area (Å²) in [4.78, 5) is 22.9. The van der Waals surface area contributed by atoms with Crippen LogP contribution in [0.3, 0.4) is 0 Å². The highest BCUT2D eigenvalue weighted by molar-refractivity contribution is 5.95. The number of rotatable bonds is 3. The van der Waals surface area contributed by atoms with Gasteiger partial charge >= 0.3 is 24.4 Å². The van der Waals surface area contributed by atoms with Gasteiger partial charge in [-0.15, -0.1) is 0 Å². The number of halogens is 9. The quantitative estimate of drug-likeness (QED) is 0.429. The van der Waals surface area contributed by atoms with E-state index in [1.165, 1.54) is 18.3 Å². The Kier molecular flexibility index (Phi) is 6.54. The van der Waals surface area contributed by atoms with Crippen molar-refractivity contribution in [2.75, 3.05) is 31.1 Å². The maximum absolute atomic E-state index is 13.1. The molecule has 1 saturated heterocycles. The summed E-state index contributed by atoms with van der Waals surface area (Å²) < 4.78 is 121. The van der Waals surface area contributed by atoms with E-state index in [0.29, 0.717) is 18.0 Å². The zero-order chi connectivity index (χ0) is 27.2. The molecule has 0 atom stereocenters. The minimum absolute atomic E-state index is 0.0281. The molecule has 0 unspecified atom stereocenters. The van der Waals surface area contributed by atoms with Gasteiger partial charge in [0, 0.05) is 43.5 Å². The first-order valence-corrected chi connectivity index (χ1v) is 10.3. The van der Waals surface area contributed by atoms with Crippen LogP contribution >= 0.6 is 0 Å². The first kappa shape index (κ1) is 26.2. The molecular formula is C21H14F9N5O2. The normalized spacial score (nSPS) is 15.3. The van der Waals surface area contributed by atoms with Gasteiger partial charge in [-0.1, -0.05) is 5.16 Å². The van der Waals surface area contributed by atoms with Crippen LogP contribution in [0.4, 0.5) is 45.3 Å². The molecule has 16 heteroatoms. The summed E-state index contributed by atoms with van der Waals surface area (Å²) in [6, 6.07) is 3.56. The number of nitrogens with zero attached hydrogens (tertiary/aromatic N) is 5. The molecule has 0 N–H and O–H groups in total. The summed E-state index contributed by atoms with van der Waals surface area (Å²) in [5.41, 5.74) is -3.77. The zero-order valence-electron chi connectivity index (χ0n) is 18.2. The van der Waals surface area contributed by atoms with Gasteiger partial charge in [0.2, 0.25) is 5.82 Å². The molecule has 0 saturated carbocycles. The number of anilines is 1.